The van der Waals surface area contributed by atoms with E-state index in [9.17, 15) is 4.79 Å². The van der Waals surface area contributed by atoms with Crippen LogP contribution in [0.1, 0.15) is 43.2 Å². The highest BCUT2D eigenvalue weighted by atomic mass is 16.5. The number of aryl methyl sites for hydroxylation is 1. The van der Waals surface area contributed by atoms with Gasteiger partial charge in [-0.15, -0.1) is 0 Å². The number of rotatable bonds is 4. The second-order valence-corrected chi connectivity index (χ2v) is 6.59. The van der Waals surface area contributed by atoms with Crippen molar-refractivity contribution >= 4 is 5.91 Å². The average Bonchev–Trinajstić information content (AvgIpc) is 2.96. The van der Waals surface area contributed by atoms with E-state index in [1.165, 1.54) is 0 Å². The van der Waals surface area contributed by atoms with Gasteiger partial charge < -0.3 is 18.9 Å². The van der Waals surface area contributed by atoms with Gasteiger partial charge in [0.1, 0.15) is 12.4 Å². The number of methoxy groups -OCH3 is 1. The maximum absolute atomic E-state index is 12.8. The summed E-state index contributed by atoms with van der Waals surface area (Å²) >= 11 is 0. The summed E-state index contributed by atoms with van der Waals surface area (Å²) in [7, 11) is 1.69. The number of carbonyl (C=O) groups is 1. The Kier molecular flexibility index (Phi) is 5.33. The molecule has 0 bridgehead atoms. The number of hydrogen-bond acceptors (Lipinski definition) is 4. The Morgan fingerprint density at radius 3 is 2.91 bits per heavy atom. The minimum absolute atomic E-state index is 0.143. The molecule has 3 heterocycles. The van der Waals surface area contributed by atoms with E-state index in [0.29, 0.717) is 31.8 Å². The number of amides is 1. The van der Waals surface area contributed by atoms with Gasteiger partial charge in [-0.05, 0) is 32.6 Å². The molecule has 2 fully saturated rings. The van der Waals surface area contributed by atoms with Crippen molar-refractivity contribution in [3.05, 3.63) is 17.7 Å². The Bertz CT molecular complexity index is 537. The molecule has 1 amide bonds. The highest BCUT2D eigenvalue weighted by molar-refractivity contribution is 5.79. The van der Waals surface area contributed by atoms with Gasteiger partial charge in [-0.3, -0.25) is 4.79 Å². The molecule has 2 saturated heterocycles. The second-order valence-electron chi connectivity index (χ2n) is 6.59. The monoisotopic (exact) mass is 321 g/mol. The van der Waals surface area contributed by atoms with Crippen molar-refractivity contribution in [1.82, 2.24) is 14.5 Å². The summed E-state index contributed by atoms with van der Waals surface area (Å²) in [6.07, 6.45) is 5.75. The molecule has 0 aliphatic carbocycles. The third-order valence-electron chi connectivity index (χ3n) is 4.98. The largest absolute Gasteiger partial charge is 0.381 e. The Labute approximate surface area is 137 Å². The smallest absolute Gasteiger partial charge is 0.225 e. The molecular formula is C17H27N3O3. The molecule has 1 atom stereocenters. The van der Waals surface area contributed by atoms with E-state index in [0.717, 1.165) is 50.3 Å². The van der Waals surface area contributed by atoms with Crippen LogP contribution in [0.15, 0.2) is 6.20 Å². The molecule has 3 rings (SSSR count). The van der Waals surface area contributed by atoms with Crippen molar-refractivity contribution in [3.63, 3.8) is 0 Å². The van der Waals surface area contributed by atoms with Crippen LogP contribution in [-0.2, 0) is 20.9 Å². The molecule has 128 valence electrons. The Morgan fingerprint density at radius 2 is 2.17 bits per heavy atom. The van der Waals surface area contributed by atoms with Crippen molar-refractivity contribution in [2.45, 2.75) is 45.3 Å². The summed E-state index contributed by atoms with van der Waals surface area (Å²) < 4.78 is 12.9. The van der Waals surface area contributed by atoms with E-state index in [4.69, 9.17) is 9.47 Å². The number of carbonyl (C=O) groups excluding carboxylic acids is 1. The van der Waals surface area contributed by atoms with Crippen LogP contribution < -0.4 is 0 Å². The standard InChI is InChI=1S/C17H27N3O3/c1-13-10-18-16(12-22-2)20(13)15-4-3-7-19(11-15)17(21)14-5-8-23-9-6-14/h10,14-15H,3-9,11-12H2,1-2H3. The second kappa shape index (κ2) is 7.45. The molecule has 0 saturated carbocycles. The Balaban J connectivity index is 1.70. The molecule has 2 aliphatic rings. The number of hydrogen-bond donors (Lipinski definition) is 0. The van der Waals surface area contributed by atoms with E-state index < -0.39 is 0 Å². The molecule has 0 radical (unpaired) electrons. The van der Waals surface area contributed by atoms with Gasteiger partial charge >= 0.3 is 0 Å². The maximum atomic E-state index is 12.8. The van der Waals surface area contributed by atoms with Crippen LogP contribution in [0.4, 0.5) is 0 Å². The van der Waals surface area contributed by atoms with E-state index in [1.54, 1.807) is 7.11 Å². The summed E-state index contributed by atoms with van der Waals surface area (Å²) in [4.78, 5) is 19.3. The van der Waals surface area contributed by atoms with Crippen LogP contribution in [-0.4, -0.2) is 53.8 Å². The molecule has 1 aromatic rings. The van der Waals surface area contributed by atoms with Crippen LogP contribution in [0.3, 0.4) is 0 Å². The van der Waals surface area contributed by atoms with Gasteiger partial charge in [0.15, 0.2) is 0 Å². The third kappa shape index (κ3) is 3.58. The summed E-state index contributed by atoms with van der Waals surface area (Å²) in [5.41, 5.74) is 1.14. The molecule has 2 aliphatic heterocycles. The fraction of sp³-hybridized carbons (Fsp3) is 0.765. The lowest BCUT2D eigenvalue weighted by molar-refractivity contribution is -0.140. The lowest BCUT2D eigenvalue weighted by atomic mass is 9.96. The third-order valence-corrected chi connectivity index (χ3v) is 4.98. The van der Waals surface area contributed by atoms with Crippen molar-refractivity contribution < 1.29 is 14.3 Å². The van der Waals surface area contributed by atoms with Crippen LogP contribution in [0.25, 0.3) is 0 Å². The minimum atomic E-state index is 0.143. The first-order valence-electron chi connectivity index (χ1n) is 8.59. The molecule has 1 unspecified atom stereocenters. The summed E-state index contributed by atoms with van der Waals surface area (Å²) in [6.45, 7) is 5.67. The molecule has 0 aromatic carbocycles. The number of nitrogens with zero attached hydrogens (tertiary/aromatic N) is 3. The van der Waals surface area contributed by atoms with Crippen molar-refractivity contribution in [1.29, 1.82) is 0 Å². The summed E-state index contributed by atoms with van der Waals surface area (Å²) in [5, 5.41) is 0. The molecule has 1 aromatic heterocycles. The number of piperidine rings is 1. The van der Waals surface area contributed by atoms with Gasteiger partial charge in [0.25, 0.3) is 0 Å². The van der Waals surface area contributed by atoms with Gasteiger partial charge in [-0.2, -0.15) is 0 Å². The topological polar surface area (TPSA) is 56.6 Å². The molecule has 6 nitrogen and oxygen atoms in total. The van der Waals surface area contributed by atoms with E-state index in [2.05, 4.69) is 21.4 Å². The quantitative estimate of drug-likeness (QED) is 0.850. The maximum Gasteiger partial charge on any atom is 0.225 e. The SMILES string of the molecule is COCc1ncc(C)n1C1CCCN(C(=O)C2CCOCC2)C1. The first-order valence-corrected chi connectivity index (χ1v) is 8.59. The van der Waals surface area contributed by atoms with Crippen molar-refractivity contribution in [2.75, 3.05) is 33.4 Å². The first-order chi connectivity index (χ1) is 11.2. The van der Waals surface area contributed by atoms with Gasteiger partial charge in [0.05, 0.1) is 6.04 Å². The van der Waals surface area contributed by atoms with E-state index >= 15 is 0 Å². The van der Waals surface area contributed by atoms with Crippen LogP contribution in [0, 0.1) is 12.8 Å². The molecular weight excluding hydrogens is 294 g/mol. The zero-order valence-electron chi connectivity index (χ0n) is 14.2. The van der Waals surface area contributed by atoms with Crippen LogP contribution in [0.5, 0.6) is 0 Å². The van der Waals surface area contributed by atoms with Gasteiger partial charge in [0, 0.05) is 51.2 Å². The molecule has 6 heteroatoms. The van der Waals surface area contributed by atoms with Gasteiger partial charge in [-0.25, -0.2) is 4.98 Å². The zero-order valence-corrected chi connectivity index (χ0v) is 14.2. The van der Waals surface area contributed by atoms with Crippen LogP contribution in [0.2, 0.25) is 0 Å². The molecule has 0 N–H and O–H groups in total. The highest BCUT2D eigenvalue weighted by Crippen LogP contribution is 2.27. The van der Waals surface area contributed by atoms with Crippen molar-refractivity contribution in [2.24, 2.45) is 5.92 Å². The fourth-order valence-electron chi connectivity index (χ4n) is 3.80. The number of aromatic nitrogens is 2. The highest BCUT2D eigenvalue weighted by Gasteiger charge is 2.31. The Hall–Kier alpha value is -1.40. The fourth-order valence-corrected chi connectivity index (χ4v) is 3.80. The first kappa shape index (κ1) is 16.5. The van der Waals surface area contributed by atoms with E-state index in [1.807, 2.05) is 6.20 Å². The Morgan fingerprint density at radius 1 is 1.39 bits per heavy atom. The van der Waals surface area contributed by atoms with Gasteiger partial charge in [-0.1, -0.05) is 0 Å². The molecule has 0 spiro atoms. The number of likely N-dealkylation sites (tertiary alicyclic amines) is 1. The number of imidazole rings is 1. The summed E-state index contributed by atoms with van der Waals surface area (Å²) in [5.74, 6) is 1.41. The zero-order chi connectivity index (χ0) is 16.2. The van der Waals surface area contributed by atoms with Gasteiger partial charge in [0.2, 0.25) is 5.91 Å². The lowest BCUT2D eigenvalue weighted by Gasteiger charge is -2.37. The normalized spacial score (nSPS) is 23.2. The predicted molar refractivity (Wildman–Crippen MR) is 86.1 cm³/mol. The lowest BCUT2D eigenvalue weighted by Crippen LogP contribution is -2.45. The van der Waals surface area contributed by atoms with Crippen LogP contribution >= 0.6 is 0 Å². The minimum Gasteiger partial charge on any atom is -0.381 e. The number of ether oxygens (including phenoxy) is 2. The van der Waals surface area contributed by atoms with E-state index in [-0.39, 0.29) is 5.92 Å². The molecule has 23 heavy (non-hydrogen) atoms. The predicted octanol–water partition coefficient (Wildman–Crippen LogP) is 1.93. The summed E-state index contributed by atoms with van der Waals surface area (Å²) in [6, 6.07) is 0.306. The average molecular weight is 321 g/mol. The van der Waals surface area contributed by atoms with Crippen molar-refractivity contribution in [3.8, 4) is 0 Å².